The van der Waals surface area contributed by atoms with Crippen LogP contribution in [-0.2, 0) is 4.79 Å². The number of hydrogen-bond acceptors (Lipinski definition) is 4. The molecule has 0 amide bonds. The maximum Gasteiger partial charge on any atom is 0.162 e. The van der Waals surface area contributed by atoms with Crippen molar-refractivity contribution >= 4 is 5.78 Å². The third kappa shape index (κ3) is 2.15. The Morgan fingerprint density at radius 3 is 2.42 bits per heavy atom. The third-order valence-electron chi connectivity index (χ3n) is 9.69. The first-order valence-electron chi connectivity index (χ1n) is 10.6. The maximum absolute atomic E-state index is 12.5. The van der Waals surface area contributed by atoms with Crippen molar-refractivity contribution in [3.8, 4) is 0 Å². The van der Waals surface area contributed by atoms with Gasteiger partial charge in [0, 0.05) is 5.41 Å². The van der Waals surface area contributed by atoms with Crippen molar-refractivity contribution < 1.29 is 20.1 Å². The molecule has 4 fully saturated rings. The van der Waals surface area contributed by atoms with Gasteiger partial charge in [-0.25, -0.2) is 0 Å². The van der Waals surface area contributed by atoms with Gasteiger partial charge in [-0.15, -0.1) is 0 Å². The summed E-state index contributed by atoms with van der Waals surface area (Å²) < 4.78 is 0. The highest BCUT2D eigenvalue weighted by Crippen LogP contribution is 2.69. The molecule has 148 valence electrons. The van der Waals surface area contributed by atoms with Gasteiger partial charge < -0.3 is 15.3 Å². The van der Waals surface area contributed by atoms with Gasteiger partial charge >= 0.3 is 0 Å². The van der Waals surface area contributed by atoms with Crippen LogP contribution in [0.25, 0.3) is 0 Å². The lowest BCUT2D eigenvalue weighted by molar-refractivity contribution is -0.203. The molecule has 4 aliphatic rings. The van der Waals surface area contributed by atoms with Crippen LogP contribution in [0.5, 0.6) is 0 Å². The topological polar surface area (TPSA) is 77.8 Å². The fourth-order valence-corrected chi connectivity index (χ4v) is 8.44. The number of carbonyl (C=O) groups excluding carboxylic acids is 1. The summed E-state index contributed by atoms with van der Waals surface area (Å²) >= 11 is 0. The van der Waals surface area contributed by atoms with E-state index in [0.29, 0.717) is 24.2 Å². The molecule has 0 bridgehead atoms. The van der Waals surface area contributed by atoms with E-state index in [2.05, 4.69) is 13.8 Å². The Hall–Kier alpha value is -0.450. The van der Waals surface area contributed by atoms with E-state index in [0.717, 1.165) is 38.5 Å². The minimum Gasteiger partial charge on any atom is -0.393 e. The second-order valence-corrected chi connectivity index (χ2v) is 10.7. The van der Waals surface area contributed by atoms with E-state index >= 15 is 0 Å². The molecule has 4 saturated carbocycles. The Balaban J connectivity index is 1.73. The van der Waals surface area contributed by atoms with Crippen LogP contribution in [0.15, 0.2) is 0 Å². The maximum atomic E-state index is 12.5. The van der Waals surface area contributed by atoms with Gasteiger partial charge in [-0.1, -0.05) is 20.8 Å². The second kappa shape index (κ2) is 5.78. The molecule has 0 aromatic heterocycles. The summed E-state index contributed by atoms with van der Waals surface area (Å²) in [7, 11) is 0. The smallest absolute Gasteiger partial charge is 0.162 e. The van der Waals surface area contributed by atoms with E-state index in [-0.39, 0.29) is 29.1 Å². The van der Waals surface area contributed by atoms with E-state index in [9.17, 15) is 20.1 Å². The minimum absolute atomic E-state index is 0.0559. The number of hydrogen-bond donors (Lipinski definition) is 3. The molecule has 4 heteroatoms. The lowest BCUT2D eigenvalue weighted by Gasteiger charge is -2.62. The molecule has 4 aliphatic carbocycles. The van der Waals surface area contributed by atoms with Gasteiger partial charge in [-0.3, -0.25) is 4.79 Å². The zero-order valence-corrected chi connectivity index (χ0v) is 16.7. The van der Waals surface area contributed by atoms with Crippen LogP contribution >= 0.6 is 0 Å². The van der Waals surface area contributed by atoms with Crippen LogP contribution in [0.1, 0.15) is 72.6 Å². The highest BCUT2D eigenvalue weighted by Gasteiger charge is 2.70. The largest absolute Gasteiger partial charge is 0.393 e. The van der Waals surface area contributed by atoms with Crippen LogP contribution in [0, 0.1) is 40.4 Å². The quantitative estimate of drug-likeness (QED) is 0.668. The molecule has 0 aromatic rings. The van der Waals surface area contributed by atoms with Crippen molar-refractivity contribution in [2.75, 3.05) is 0 Å². The Morgan fingerprint density at radius 2 is 1.77 bits per heavy atom. The van der Waals surface area contributed by atoms with E-state index in [1.54, 1.807) is 0 Å². The number of ketones is 1. The Morgan fingerprint density at radius 1 is 1.08 bits per heavy atom. The molecule has 0 unspecified atom stereocenters. The Kier molecular flexibility index (Phi) is 4.20. The Bertz CT molecular complexity index is 605. The van der Waals surface area contributed by atoms with Crippen molar-refractivity contribution in [3.63, 3.8) is 0 Å². The average molecular weight is 365 g/mol. The molecule has 0 spiro atoms. The van der Waals surface area contributed by atoms with Crippen LogP contribution in [0.3, 0.4) is 0 Å². The minimum atomic E-state index is -1.32. The summed E-state index contributed by atoms with van der Waals surface area (Å²) in [5, 5.41) is 32.9. The van der Waals surface area contributed by atoms with Crippen molar-refractivity contribution in [1.82, 2.24) is 0 Å². The molecule has 3 N–H and O–H groups in total. The molecule has 0 heterocycles. The number of fused-ring (bicyclic) bond motifs is 5. The van der Waals surface area contributed by atoms with E-state index in [4.69, 9.17) is 0 Å². The predicted molar refractivity (Wildman–Crippen MR) is 99.3 cm³/mol. The molecular weight excluding hydrogens is 328 g/mol. The summed E-state index contributed by atoms with van der Waals surface area (Å²) in [6.07, 6.45) is 5.56. The van der Waals surface area contributed by atoms with Gasteiger partial charge in [-0.2, -0.15) is 0 Å². The van der Waals surface area contributed by atoms with Gasteiger partial charge in [0.1, 0.15) is 5.60 Å². The zero-order valence-electron chi connectivity index (χ0n) is 16.7. The molecule has 10 atom stereocenters. The standard InChI is InChI=1S/C22H36O4/c1-12-9-17-16-6-5-14-10-15(24)7-8-20(14,3)19(16)18(25)11-21(17,4)22(12,26)13(2)23/h12,14-19,24-26H,5-11H2,1-4H3/t12-,14-,15-,16+,17+,18-,19+,20+,21+,22+/m1/s1. The molecular formula is C22H36O4. The number of Topliss-reactive ketones (excluding diaryl/α,β-unsaturated/α-hetero) is 1. The summed E-state index contributed by atoms with van der Waals surface area (Å²) in [5.74, 6) is 1.19. The van der Waals surface area contributed by atoms with Gasteiger partial charge in [0.2, 0.25) is 0 Å². The monoisotopic (exact) mass is 364 g/mol. The van der Waals surface area contributed by atoms with Gasteiger partial charge in [0.15, 0.2) is 5.78 Å². The second-order valence-electron chi connectivity index (χ2n) is 10.7. The lowest BCUT2D eigenvalue weighted by Crippen LogP contribution is -2.63. The van der Waals surface area contributed by atoms with E-state index < -0.39 is 17.1 Å². The summed E-state index contributed by atoms with van der Waals surface area (Å²) in [4.78, 5) is 12.5. The highest BCUT2D eigenvalue weighted by atomic mass is 16.3. The van der Waals surface area contributed by atoms with Crippen molar-refractivity contribution in [3.05, 3.63) is 0 Å². The normalized spacial score (nSPS) is 59.3. The average Bonchev–Trinajstić information content (AvgIpc) is 2.76. The molecule has 0 aliphatic heterocycles. The Labute approximate surface area is 157 Å². The first-order valence-corrected chi connectivity index (χ1v) is 10.6. The fraction of sp³-hybridized carbons (Fsp3) is 0.955. The number of carbonyl (C=O) groups is 1. The zero-order chi connectivity index (χ0) is 19.1. The lowest BCUT2D eigenvalue weighted by atomic mass is 9.43. The van der Waals surface area contributed by atoms with E-state index in [1.165, 1.54) is 6.92 Å². The SMILES string of the molecule is CC(=O)[C@@]1(O)[C@H](C)C[C@H]2[C@@H]3CC[C@@H]4C[C@H](O)CC[C@]4(C)[C@@H]3[C@H](O)C[C@@]21C. The van der Waals surface area contributed by atoms with Crippen LogP contribution in [-0.4, -0.2) is 38.9 Å². The molecule has 0 saturated heterocycles. The summed E-state index contributed by atoms with van der Waals surface area (Å²) in [6.45, 7) is 7.92. The van der Waals surface area contributed by atoms with Crippen molar-refractivity contribution in [1.29, 1.82) is 0 Å². The van der Waals surface area contributed by atoms with E-state index in [1.807, 2.05) is 6.92 Å². The molecule has 0 aromatic carbocycles. The third-order valence-corrected chi connectivity index (χ3v) is 9.69. The number of aliphatic hydroxyl groups is 3. The number of aliphatic hydroxyl groups excluding tert-OH is 2. The molecule has 26 heavy (non-hydrogen) atoms. The molecule has 0 radical (unpaired) electrons. The first kappa shape index (κ1) is 18.9. The predicted octanol–water partition coefficient (Wildman–Crippen LogP) is 2.93. The van der Waals surface area contributed by atoms with Gasteiger partial charge in [0.05, 0.1) is 12.2 Å². The number of rotatable bonds is 1. The van der Waals surface area contributed by atoms with Crippen LogP contribution in [0.4, 0.5) is 0 Å². The first-order chi connectivity index (χ1) is 12.1. The molecule has 4 rings (SSSR count). The van der Waals surface area contributed by atoms with Gasteiger partial charge in [0.25, 0.3) is 0 Å². The van der Waals surface area contributed by atoms with Crippen molar-refractivity contribution in [2.24, 2.45) is 40.4 Å². The summed E-state index contributed by atoms with van der Waals surface area (Å²) in [6, 6.07) is 0. The van der Waals surface area contributed by atoms with Gasteiger partial charge in [-0.05, 0) is 86.9 Å². The highest BCUT2D eigenvalue weighted by molar-refractivity contribution is 5.86. The molecule has 4 nitrogen and oxygen atoms in total. The summed E-state index contributed by atoms with van der Waals surface area (Å²) in [5.41, 5.74) is -1.77. The fourth-order valence-electron chi connectivity index (χ4n) is 8.44. The van der Waals surface area contributed by atoms with Crippen molar-refractivity contribution in [2.45, 2.75) is 90.4 Å². The van der Waals surface area contributed by atoms with Crippen LogP contribution < -0.4 is 0 Å². The van der Waals surface area contributed by atoms with Crippen LogP contribution in [0.2, 0.25) is 0 Å².